The number of rotatable bonds is 4. The smallest absolute Gasteiger partial charge is 0.346 e. The van der Waals surface area contributed by atoms with Gasteiger partial charge in [-0.1, -0.05) is 28.1 Å². The third-order valence-corrected chi connectivity index (χ3v) is 4.13. The van der Waals surface area contributed by atoms with E-state index in [4.69, 9.17) is 9.47 Å². The number of esters is 1. The zero-order valence-corrected chi connectivity index (χ0v) is 15.2. The van der Waals surface area contributed by atoms with Crippen molar-refractivity contribution in [3.8, 4) is 11.5 Å². The van der Waals surface area contributed by atoms with Crippen molar-refractivity contribution < 1.29 is 23.8 Å². The summed E-state index contributed by atoms with van der Waals surface area (Å²) in [7, 11) is 1.30. The van der Waals surface area contributed by atoms with E-state index in [9.17, 15) is 9.59 Å². The van der Waals surface area contributed by atoms with Gasteiger partial charge in [-0.05, 0) is 42.8 Å². The summed E-state index contributed by atoms with van der Waals surface area (Å²) in [6, 6.07) is 12.4. The van der Waals surface area contributed by atoms with Crippen LogP contribution < -0.4 is 9.47 Å². The second-order valence-electron chi connectivity index (χ2n) is 5.44. The Bertz CT molecular complexity index is 872. The molecule has 2 aromatic rings. The molecule has 0 radical (unpaired) electrons. The summed E-state index contributed by atoms with van der Waals surface area (Å²) < 4.78 is 16.7. The quantitative estimate of drug-likeness (QED) is 0.571. The van der Waals surface area contributed by atoms with Gasteiger partial charge in [-0.3, -0.25) is 4.79 Å². The number of allylic oxidation sites excluding steroid dienone is 1. The molecule has 1 atom stereocenters. The van der Waals surface area contributed by atoms with Crippen LogP contribution in [-0.2, 0) is 9.53 Å². The molecular weight excluding hydrogens is 388 g/mol. The van der Waals surface area contributed by atoms with Crippen molar-refractivity contribution in [3.63, 3.8) is 0 Å². The molecule has 5 nitrogen and oxygen atoms in total. The van der Waals surface area contributed by atoms with Crippen LogP contribution in [0.2, 0.25) is 0 Å². The molecule has 1 aliphatic rings. The van der Waals surface area contributed by atoms with E-state index >= 15 is 0 Å². The van der Waals surface area contributed by atoms with Gasteiger partial charge in [-0.15, -0.1) is 0 Å². The molecule has 128 valence electrons. The van der Waals surface area contributed by atoms with Crippen LogP contribution in [-0.4, -0.2) is 25.0 Å². The monoisotopic (exact) mass is 402 g/mol. The number of hydrogen-bond acceptors (Lipinski definition) is 5. The standard InChI is InChI=1S/C19H15BrO5/c1-11(19(22)23-2)24-14-6-7-15-16(10-14)25-17(18(15)21)9-12-4-3-5-13(20)8-12/h3-11H,1-2H3/b17-9-/t11-/m1/s1. The fraction of sp³-hybridized carbons (Fsp3) is 0.158. The highest BCUT2D eigenvalue weighted by Crippen LogP contribution is 2.35. The van der Waals surface area contributed by atoms with Crippen LogP contribution in [0.1, 0.15) is 22.8 Å². The largest absolute Gasteiger partial charge is 0.479 e. The van der Waals surface area contributed by atoms with E-state index in [2.05, 4.69) is 20.7 Å². The second kappa shape index (κ2) is 7.11. The molecule has 1 aliphatic heterocycles. The first kappa shape index (κ1) is 17.2. The highest BCUT2D eigenvalue weighted by molar-refractivity contribution is 9.10. The molecule has 0 saturated heterocycles. The molecule has 0 aromatic heterocycles. The topological polar surface area (TPSA) is 61.8 Å². The zero-order chi connectivity index (χ0) is 18.0. The predicted octanol–water partition coefficient (Wildman–Crippen LogP) is 4.01. The van der Waals surface area contributed by atoms with Gasteiger partial charge in [0.25, 0.3) is 0 Å². The van der Waals surface area contributed by atoms with Gasteiger partial charge in [0.1, 0.15) is 11.5 Å². The van der Waals surface area contributed by atoms with Crippen LogP contribution in [0.3, 0.4) is 0 Å². The summed E-state index contributed by atoms with van der Waals surface area (Å²) in [6.07, 6.45) is 0.932. The van der Waals surface area contributed by atoms with E-state index in [1.165, 1.54) is 7.11 Å². The first-order valence-electron chi connectivity index (χ1n) is 7.56. The molecule has 0 fully saturated rings. The van der Waals surface area contributed by atoms with Gasteiger partial charge in [-0.2, -0.15) is 0 Å². The minimum absolute atomic E-state index is 0.192. The van der Waals surface area contributed by atoms with Crippen molar-refractivity contribution in [3.05, 3.63) is 63.8 Å². The summed E-state index contributed by atoms with van der Waals surface area (Å²) in [5, 5.41) is 0. The summed E-state index contributed by atoms with van der Waals surface area (Å²) in [5.74, 6) is 0.399. The third-order valence-electron chi connectivity index (χ3n) is 3.63. The van der Waals surface area contributed by atoms with E-state index in [0.717, 1.165) is 10.0 Å². The maximum atomic E-state index is 12.5. The Morgan fingerprint density at radius 2 is 2.04 bits per heavy atom. The average molecular weight is 403 g/mol. The molecule has 0 unspecified atom stereocenters. The maximum Gasteiger partial charge on any atom is 0.346 e. The van der Waals surface area contributed by atoms with Crippen LogP contribution in [0.5, 0.6) is 11.5 Å². The molecule has 0 N–H and O–H groups in total. The lowest BCUT2D eigenvalue weighted by molar-refractivity contribution is -0.147. The van der Waals surface area contributed by atoms with Gasteiger partial charge >= 0.3 is 5.97 Å². The van der Waals surface area contributed by atoms with Crippen LogP contribution >= 0.6 is 15.9 Å². The normalized spacial score (nSPS) is 15.5. The van der Waals surface area contributed by atoms with Crippen molar-refractivity contribution in [2.24, 2.45) is 0 Å². The zero-order valence-electron chi connectivity index (χ0n) is 13.6. The van der Waals surface area contributed by atoms with Crippen LogP contribution in [0.25, 0.3) is 6.08 Å². The summed E-state index contributed by atoms with van der Waals surface area (Å²) >= 11 is 3.40. The number of methoxy groups -OCH3 is 1. The molecule has 0 bridgehead atoms. The summed E-state index contributed by atoms with van der Waals surface area (Å²) in [6.45, 7) is 1.59. The highest BCUT2D eigenvalue weighted by atomic mass is 79.9. The number of hydrogen-bond donors (Lipinski definition) is 0. The number of halogens is 1. The number of ether oxygens (including phenoxy) is 3. The van der Waals surface area contributed by atoms with Crippen molar-refractivity contribution in [1.82, 2.24) is 0 Å². The Morgan fingerprint density at radius 3 is 2.76 bits per heavy atom. The van der Waals surface area contributed by atoms with E-state index in [0.29, 0.717) is 17.1 Å². The third kappa shape index (κ3) is 3.74. The van der Waals surface area contributed by atoms with Gasteiger partial charge in [0.15, 0.2) is 11.9 Å². The van der Waals surface area contributed by atoms with Gasteiger partial charge in [0.2, 0.25) is 5.78 Å². The van der Waals surface area contributed by atoms with Gasteiger partial charge < -0.3 is 14.2 Å². The number of ketones is 1. The lowest BCUT2D eigenvalue weighted by atomic mass is 10.1. The van der Waals surface area contributed by atoms with Crippen molar-refractivity contribution in [1.29, 1.82) is 0 Å². The average Bonchev–Trinajstić information content (AvgIpc) is 2.89. The molecule has 3 rings (SSSR count). The SMILES string of the molecule is COC(=O)[C@@H](C)Oc1ccc2c(c1)O/C(=C\c1cccc(Br)c1)C2=O. The molecular formula is C19H15BrO5. The maximum absolute atomic E-state index is 12.5. The van der Waals surface area contributed by atoms with Gasteiger partial charge in [0.05, 0.1) is 12.7 Å². The second-order valence-corrected chi connectivity index (χ2v) is 6.35. The van der Waals surface area contributed by atoms with Crippen LogP contribution in [0, 0.1) is 0 Å². The highest BCUT2D eigenvalue weighted by Gasteiger charge is 2.28. The summed E-state index contributed by atoms with van der Waals surface area (Å²) in [5.41, 5.74) is 1.31. The van der Waals surface area contributed by atoms with Crippen molar-refractivity contribution in [2.45, 2.75) is 13.0 Å². The Labute approximate surface area is 153 Å². The lowest BCUT2D eigenvalue weighted by Crippen LogP contribution is -2.24. The Morgan fingerprint density at radius 1 is 1.24 bits per heavy atom. The molecule has 6 heteroatoms. The molecule has 0 saturated carbocycles. The number of benzene rings is 2. The molecule has 0 spiro atoms. The summed E-state index contributed by atoms with van der Waals surface area (Å²) in [4.78, 5) is 23.9. The molecule has 0 aliphatic carbocycles. The molecule has 0 amide bonds. The first-order valence-corrected chi connectivity index (χ1v) is 8.35. The Balaban J connectivity index is 1.83. The van der Waals surface area contributed by atoms with E-state index in [1.807, 2.05) is 24.3 Å². The fourth-order valence-corrected chi connectivity index (χ4v) is 2.82. The number of Topliss-reactive ketones (excluding diaryl/α,β-unsaturated/α-hetero) is 1. The Kier molecular flexibility index (Phi) is 4.90. The van der Waals surface area contributed by atoms with Crippen LogP contribution in [0.4, 0.5) is 0 Å². The van der Waals surface area contributed by atoms with Gasteiger partial charge in [-0.25, -0.2) is 4.79 Å². The molecule has 2 aromatic carbocycles. The Hall–Kier alpha value is -2.60. The van der Waals surface area contributed by atoms with Crippen molar-refractivity contribution in [2.75, 3.05) is 7.11 Å². The first-order chi connectivity index (χ1) is 12.0. The van der Waals surface area contributed by atoms with E-state index in [-0.39, 0.29) is 11.5 Å². The lowest BCUT2D eigenvalue weighted by Gasteiger charge is -2.12. The van der Waals surface area contributed by atoms with E-state index < -0.39 is 12.1 Å². The fourth-order valence-electron chi connectivity index (χ4n) is 2.41. The predicted molar refractivity (Wildman–Crippen MR) is 95.6 cm³/mol. The van der Waals surface area contributed by atoms with Crippen LogP contribution in [0.15, 0.2) is 52.7 Å². The number of fused-ring (bicyclic) bond motifs is 1. The number of carbonyl (C=O) groups excluding carboxylic acids is 2. The molecule has 1 heterocycles. The minimum Gasteiger partial charge on any atom is -0.479 e. The van der Waals surface area contributed by atoms with Gasteiger partial charge in [0, 0.05) is 10.5 Å². The number of carbonyl (C=O) groups is 2. The van der Waals surface area contributed by atoms with Crippen molar-refractivity contribution >= 4 is 33.8 Å². The molecule has 25 heavy (non-hydrogen) atoms. The van der Waals surface area contributed by atoms with E-state index in [1.54, 1.807) is 31.2 Å². The minimum atomic E-state index is -0.753.